The third-order valence-corrected chi connectivity index (χ3v) is 4.68. The van der Waals surface area contributed by atoms with Crippen molar-refractivity contribution < 1.29 is 0 Å². The van der Waals surface area contributed by atoms with Gasteiger partial charge in [-0.2, -0.15) is 0 Å². The first-order valence-electron chi connectivity index (χ1n) is 4.82. The summed E-state index contributed by atoms with van der Waals surface area (Å²) < 4.78 is 0. The molecule has 0 N–H and O–H groups in total. The van der Waals surface area contributed by atoms with E-state index in [0.29, 0.717) is 0 Å². The normalized spacial score (nSPS) is 12.2. The van der Waals surface area contributed by atoms with Crippen LogP contribution in [0.4, 0.5) is 0 Å². The smallest absolute Gasteiger partial charge is 0.0756 e. The van der Waals surface area contributed by atoms with Crippen molar-refractivity contribution in [2.75, 3.05) is 0 Å². The quantitative estimate of drug-likeness (QED) is 0.639. The van der Waals surface area contributed by atoms with Gasteiger partial charge in [0.1, 0.15) is 0 Å². The minimum absolute atomic E-state index is 1.12. The number of hydrogen-bond donors (Lipinski definition) is 0. The lowest BCUT2D eigenvalue weighted by Gasteiger charge is -2.17. The van der Waals surface area contributed by atoms with Gasteiger partial charge in [0, 0.05) is 0 Å². The van der Waals surface area contributed by atoms with Crippen LogP contribution in [0.15, 0.2) is 42.1 Å². The fraction of sp³-hybridized carbons (Fsp3) is 0.333. The Morgan fingerprint density at radius 2 is 1.77 bits per heavy atom. The van der Waals surface area contributed by atoms with Crippen molar-refractivity contribution >= 4 is 8.07 Å². The van der Waals surface area contributed by atoms with Crippen molar-refractivity contribution in [1.29, 1.82) is 0 Å². The van der Waals surface area contributed by atoms with Gasteiger partial charge >= 0.3 is 0 Å². The minimum atomic E-state index is -1.12. The van der Waals surface area contributed by atoms with Gasteiger partial charge in [0.2, 0.25) is 0 Å². The van der Waals surface area contributed by atoms with Gasteiger partial charge in [-0.1, -0.05) is 60.8 Å². The van der Waals surface area contributed by atoms with Crippen LogP contribution in [0, 0.1) is 0 Å². The lowest BCUT2D eigenvalue weighted by atomic mass is 10.2. The molecule has 0 unspecified atom stereocenters. The lowest BCUT2D eigenvalue weighted by Crippen LogP contribution is -2.26. The Bertz CT molecular complexity index is 272. The minimum Gasteiger partial charge on any atom is -0.0986 e. The molecular weight excluding hydrogens is 172 g/mol. The van der Waals surface area contributed by atoms with Crippen LogP contribution in [0.1, 0.15) is 12.5 Å². The molecule has 1 aromatic carbocycles. The summed E-state index contributed by atoms with van der Waals surface area (Å²) in [7, 11) is -1.12. The predicted octanol–water partition coefficient (Wildman–Crippen LogP) is 3.59. The van der Waals surface area contributed by atoms with Crippen LogP contribution < -0.4 is 0 Å². The second-order valence-corrected chi connectivity index (χ2v) is 8.82. The van der Waals surface area contributed by atoms with Gasteiger partial charge in [-0.3, -0.25) is 0 Å². The van der Waals surface area contributed by atoms with E-state index in [1.165, 1.54) is 11.6 Å². The Morgan fingerprint density at radius 1 is 1.15 bits per heavy atom. The molecule has 70 valence electrons. The van der Waals surface area contributed by atoms with E-state index in [0.717, 1.165) is 0 Å². The maximum atomic E-state index is 2.40. The highest BCUT2D eigenvalue weighted by Crippen LogP contribution is 2.12. The molecule has 0 saturated heterocycles. The first-order valence-corrected chi connectivity index (χ1v) is 8.10. The van der Waals surface area contributed by atoms with Crippen molar-refractivity contribution in [1.82, 2.24) is 0 Å². The van der Waals surface area contributed by atoms with Crippen molar-refractivity contribution in [3.63, 3.8) is 0 Å². The van der Waals surface area contributed by atoms with Crippen LogP contribution in [-0.2, 0) is 6.04 Å². The summed E-state index contributed by atoms with van der Waals surface area (Å²) >= 11 is 0. The summed E-state index contributed by atoms with van der Waals surface area (Å²) in [5, 5.41) is 0. The standard InChI is InChI=1S/C12H18Si/c1-4-10-13(2,3)11-12-8-6-5-7-9-12/h4-10H,11H2,1-3H3. The van der Waals surface area contributed by atoms with Crippen LogP contribution in [0.25, 0.3) is 0 Å². The maximum Gasteiger partial charge on any atom is 0.0756 e. The highest BCUT2D eigenvalue weighted by atomic mass is 28.3. The monoisotopic (exact) mass is 190 g/mol. The first kappa shape index (κ1) is 10.3. The fourth-order valence-corrected chi connectivity index (χ4v) is 3.94. The van der Waals surface area contributed by atoms with Crippen LogP contribution in [0.2, 0.25) is 13.1 Å². The van der Waals surface area contributed by atoms with E-state index in [1.54, 1.807) is 0 Å². The average Bonchev–Trinajstić information content (AvgIpc) is 2.04. The van der Waals surface area contributed by atoms with Crippen LogP contribution in [0.3, 0.4) is 0 Å². The second kappa shape index (κ2) is 4.42. The first-order chi connectivity index (χ1) is 6.14. The zero-order valence-corrected chi connectivity index (χ0v) is 9.75. The largest absolute Gasteiger partial charge is 0.0986 e. The highest BCUT2D eigenvalue weighted by molar-refractivity contribution is 6.81. The molecule has 13 heavy (non-hydrogen) atoms. The van der Waals surface area contributed by atoms with E-state index in [9.17, 15) is 0 Å². The molecule has 1 heteroatoms. The SMILES string of the molecule is CC=C[Si](C)(C)Cc1ccccc1. The second-order valence-electron chi connectivity index (χ2n) is 4.15. The van der Waals surface area contributed by atoms with Crippen molar-refractivity contribution in [3.05, 3.63) is 47.7 Å². The van der Waals surface area contributed by atoms with E-state index in [1.807, 2.05) is 0 Å². The predicted molar refractivity (Wildman–Crippen MR) is 62.4 cm³/mol. The summed E-state index contributed by atoms with van der Waals surface area (Å²) in [4.78, 5) is 0. The Balaban J connectivity index is 2.69. The Hall–Kier alpha value is -0.823. The molecule has 1 aromatic rings. The van der Waals surface area contributed by atoms with Gasteiger partial charge in [0.15, 0.2) is 0 Å². The molecule has 0 saturated carbocycles. The molecule has 0 aliphatic heterocycles. The third kappa shape index (κ3) is 3.60. The molecule has 0 spiro atoms. The van der Waals surface area contributed by atoms with Gasteiger partial charge in [0.25, 0.3) is 0 Å². The molecule has 0 bridgehead atoms. The van der Waals surface area contributed by atoms with Crippen LogP contribution in [-0.4, -0.2) is 8.07 Å². The summed E-state index contributed by atoms with van der Waals surface area (Å²) in [5.41, 5.74) is 3.87. The average molecular weight is 190 g/mol. The van der Waals surface area contributed by atoms with E-state index >= 15 is 0 Å². The molecule has 0 atom stereocenters. The number of allylic oxidation sites excluding steroid dienone is 1. The highest BCUT2D eigenvalue weighted by Gasteiger charge is 2.16. The van der Waals surface area contributed by atoms with E-state index in [2.05, 4.69) is 62.1 Å². The van der Waals surface area contributed by atoms with Crippen LogP contribution in [0.5, 0.6) is 0 Å². The van der Waals surface area contributed by atoms with Crippen LogP contribution >= 0.6 is 0 Å². The molecule has 0 aliphatic rings. The van der Waals surface area contributed by atoms with E-state index in [4.69, 9.17) is 0 Å². The Labute approximate surface area is 82.3 Å². The zero-order chi connectivity index (χ0) is 9.73. The molecule has 0 amide bonds. The maximum absolute atomic E-state index is 2.40. The lowest BCUT2D eigenvalue weighted by molar-refractivity contribution is 1.32. The van der Waals surface area contributed by atoms with Gasteiger partial charge < -0.3 is 0 Å². The van der Waals surface area contributed by atoms with E-state index < -0.39 is 8.07 Å². The molecule has 0 nitrogen and oxygen atoms in total. The summed E-state index contributed by atoms with van der Waals surface area (Å²) in [5.74, 6) is 0. The Kier molecular flexibility index (Phi) is 3.49. The topological polar surface area (TPSA) is 0 Å². The number of benzene rings is 1. The molecular formula is C12H18Si. The zero-order valence-electron chi connectivity index (χ0n) is 8.75. The van der Waals surface area contributed by atoms with Crippen molar-refractivity contribution in [2.45, 2.75) is 26.1 Å². The molecule has 0 heterocycles. The van der Waals surface area contributed by atoms with E-state index in [-0.39, 0.29) is 0 Å². The molecule has 0 radical (unpaired) electrons. The van der Waals surface area contributed by atoms with Gasteiger partial charge in [-0.15, -0.1) is 0 Å². The summed E-state index contributed by atoms with van der Waals surface area (Å²) in [6, 6.07) is 12.0. The van der Waals surface area contributed by atoms with Crippen molar-refractivity contribution in [3.8, 4) is 0 Å². The fourth-order valence-electron chi connectivity index (χ4n) is 1.63. The third-order valence-electron chi connectivity index (χ3n) is 2.12. The number of rotatable bonds is 3. The molecule has 0 fully saturated rings. The van der Waals surface area contributed by atoms with Gasteiger partial charge in [-0.25, -0.2) is 0 Å². The van der Waals surface area contributed by atoms with Crippen molar-refractivity contribution in [2.24, 2.45) is 0 Å². The Morgan fingerprint density at radius 3 is 2.31 bits per heavy atom. The summed E-state index contributed by atoms with van der Waals surface area (Å²) in [6.45, 7) is 6.92. The molecule has 0 aliphatic carbocycles. The summed E-state index contributed by atoms with van der Waals surface area (Å²) in [6.07, 6.45) is 2.19. The molecule has 0 aromatic heterocycles. The number of hydrogen-bond acceptors (Lipinski definition) is 0. The molecule has 1 rings (SSSR count). The van der Waals surface area contributed by atoms with Gasteiger partial charge in [-0.05, 0) is 13.0 Å². The van der Waals surface area contributed by atoms with Gasteiger partial charge in [0.05, 0.1) is 8.07 Å².